The van der Waals surface area contributed by atoms with Gasteiger partial charge in [0.25, 0.3) is 5.91 Å². The van der Waals surface area contributed by atoms with Crippen LogP contribution in [0.2, 0.25) is 0 Å². The lowest BCUT2D eigenvalue weighted by Gasteiger charge is -2.35. The Morgan fingerprint density at radius 3 is 2.40 bits per heavy atom. The summed E-state index contributed by atoms with van der Waals surface area (Å²) in [5.74, 6) is -2.38. The van der Waals surface area contributed by atoms with Crippen LogP contribution in [0.15, 0.2) is 53.2 Å². The van der Waals surface area contributed by atoms with Crippen molar-refractivity contribution in [3.8, 4) is 22.5 Å². The van der Waals surface area contributed by atoms with Crippen LogP contribution < -0.4 is 0 Å². The second-order valence-corrected chi connectivity index (χ2v) is 11.8. The highest BCUT2D eigenvalue weighted by molar-refractivity contribution is 5.96. The molecule has 1 unspecified atom stereocenters. The molecule has 0 bridgehead atoms. The maximum absolute atomic E-state index is 15.3. The van der Waals surface area contributed by atoms with E-state index in [2.05, 4.69) is 9.97 Å². The van der Waals surface area contributed by atoms with E-state index >= 15 is 8.78 Å². The number of carbonyl (C=O) groups excluding carboxylic acids is 1. The highest BCUT2D eigenvalue weighted by Gasteiger charge is 2.31. The first-order valence-corrected chi connectivity index (χ1v) is 14.7. The fraction of sp³-hybridized carbons (Fsp3) is 0.424. The van der Waals surface area contributed by atoms with Crippen LogP contribution >= 0.6 is 0 Å². The zero-order chi connectivity index (χ0) is 30.3. The number of carbonyl (C=O) groups is 1. The number of aromatic nitrogens is 2. The molecular weight excluding hydrogens is 556 g/mol. The van der Waals surface area contributed by atoms with Crippen molar-refractivity contribution in [3.05, 3.63) is 71.7 Å². The SMILES string of the molecule is C[C@@H]1CN(C(=O)c2c(F)cc(-c3cc4nccc(-c5ccnc(C(C)(C)OC6CCCCO6)c5)c4o3)cc2F)C[C@H](C)O1. The summed E-state index contributed by atoms with van der Waals surface area (Å²) in [6.45, 7) is 8.77. The molecule has 8 nitrogen and oxygen atoms in total. The zero-order valence-electron chi connectivity index (χ0n) is 24.7. The molecule has 0 saturated carbocycles. The van der Waals surface area contributed by atoms with Crippen molar-refractivity contribution in [2.24, 2.45) is 0 Å². The number of fused-ring (bicyclic) bond motifs is 1. The van der Waals surface area contributed by atoms with Gasteiger partial charge in [0.2, 0.25) is 0 Å². The number of rotatable bonds is 6. The Kier molecular flexibility index (Phi) is 8.02. The van der Waals surface area contributed by atoms with Gasteiger partial charge in [-0.15, -0.1) is 0 Å². The van der Waals surface area contributed by atoms with Crippen molar-refractivity contribution < 1.29 is 32.2 Å². The molecular formula is C33H35F2N3O5. The number of halogens is 2. The van der Waals surface area contributed by atoms with Gasteiger partial charge in [0.05, 0.1) is 17.9 Å². The van der Waals surface area contributed by atoms with Gasteiger partial charge in [-0.1, -0.05) is 0 Å². The van der Waals surface area contributed by atoms with Crippen LogP contribution in [0.25, 0.3) is 33.6 Å². The first kappa shape index (κ1) is 29.3. The molecule has 226 valence electrons. The summed E-state index contributed by atoms with van der Waals surface area (Å²) < 4.78 is 54.5. The molecule has 0 N–H and O–H groups in total. The Hall–Kier alpha value is -3.73. The van der Waals surface area contributed by atoms with Crippen molar-refractivity contribution in [2.45, 2.75) is 71.1 Å². The van der Waals surface area contributed by atoms with Crippen LogP contribution in [0.1, 0.15) is 63.0 Å². The number of benzene rings is 1. The average Bonchev–Trinajstić information content (AvgIpc) is 3.41. The molecule has 0 aliphatic carbocycles. The van der Waals surface area contributed by atoms with Crippen LogP contribution in [0.5, 0.6) is 0 Å². The van der Waals surface area contributed by atoms with Crippen LogP contribution in [-0.4, -0.2) is 59.0 Å². The number of amides is 1. The van der Waals surface area contributed by atoms with Gasteiger partial charge in [0, 0.05) is 49.3 Å². The van der Waals surface area contributed by atoms with E-state index in [0.717, 1.165) is 48.2 Å². The normalized spacial score (nSPS) is 21.3. The number of pyridine rings is 2. The van der Waals surface area contributed by atoms with E-state index < -0.39 is 28.7 Å². The molecule has 0 radical (unpaired) electrons. The highest BCUT2D eigenvalue weighted by atomic mass is 19.1. The summed E-state index contributed by atoms with van der Waals surface area (Å²) in [6, 6.07) is 9.50. The highest BCUT2D eigenvalue weighted by Crippen LogP contribution is 2.36. The monoisotopic (exact) mass is 591 g/mol. The maximum atomic E-state index is 15.3. The summed E-state index contributed by atoms with van der Waals surface area (Å²) in [4.78, 5) is 23.5. The fourth-order valence-corrected chi connectivity index (χ4v) is 5.85. The Labute approximate surface area is 249 Å². The summed E-state index contributed by atoms with van der Waals surface area (Å²) in [6.07, 6.45) is 5.57. The summed E-state index contributed by atoms with van der Waals surface area (Å²) in [5.41, 5.74) is 2.15. The number of nitrogens with zero attached hydrogens (tertiary/aromatic N) is 3. The van der Waals surface area contributed by atoms with Crippen molar-refractivity contribution >= 4 is 17.0 Å². The van der Waals surface area contributed by atoms with Crippen molar-refractivity contribution in [2.75, 3.05) is 19.7 Å². The topological polar surface area (TPSA) is 86.9 Å². The van der Waals surface area contributed by atoms with Gasteiger partial charge in [-0.25, -0.2) is 8.78 Å². The van der Waals surface area contributed by atoms with Gasteiger partial charge in [-0.05, 0) is 82.9 Å². The molecule has 2 aliphatic rings. The molecule has 3 atom stereocenters. The first-order chi connectivity index (χ1) is 20.6. The minimum Gasteiger partial charge on any atom is -0.454 e. The van der Waals surface area contributed by atoms with Crippen molar-refractivity contribution in [3.63, 3.8) is 0 Å². The number of hydrogen-bond acceptors (Lipinski definition) is 7. The van der Waals surface area contributed by atoms with E-state index in [1.807, 2.05) is 45.9 Å². The summed E-state index contributed by atoms with van der Waals surface area (Å²) in [7, 11) is 0. The van der Waals surface area contributed by atoms with E-state index in [1.165, 1.54) is 4.90 Å². The number of furan rings is 1. The van der Waals surface area contributed by atoms with E-state index in [1.54, 1.807) is 18.5 Å². The number of morpholine rings is 1. The first-order valence-electron chi connectivity index (χ1n) is 14.7. The Morgan fingerprint density at radius 1 is 0.977 bits per heavy atom. The number of hydrogen-bond donors (Lipinski definition) is 0. The molecule has 2 aliphatic heterocycles. The van der Waals surface area contributed by atoms with Gasteiger partial charge < -0.3 is 23.5 Å². The van der Waals surface area contributed by atoms with E-state index in [9.17, 15) is 4.79 Å². The van der Waals surface area contributed by atoms with Gasteiger partial charge in [-0.2, -0.15) is 0 Å². The van der Waals surface area contributed by atoms with Gasteiger partial charge >= 0.3 is 0 Å². The van der Waals surface area contributed by atoms with Crippen molar-refractivity contribution in [1.29, 1.82) is 0 Å². The molecule has 6 rings (SSSR count). The Bertz CT molecular complexity index is 1620. The lowest BCUT2D eigenvalue weighted by Crippen LogP contribution is -2.48. The largest absolute Gasteiger partial charge is 0.454 e. The second-order valence-electron chi connectivity index (χ2n) is 11.8. The molecule has 1 aromatic carbocycles. The zero-order valence-corrected chi connectivity index (χ0v) is 24.7. The lowest BCUT2D eigenvalue weighted by atomic mass is 9.99. The summed E-state index contributed by atoms with van der Waals surface area (Å²) >= 11 is 0. The lowest BCUT2D eigenvalue weighted by molar-refractivity contribution is -0.220. The third-order valence-electron chi connectivity index (χ3n) is 7.91. The Balaban J connectivity index is 1.30. The maximum Gasteiger partial charge on any atom is 0.260 e. The van der Waals surface area contributed by atoms with Gasteiger partial charge in [0.15, 0.2) is 11.9 Å². The number of ether oxygens (including phenoxy) is 3. The third-order valence-corrected chi connectivity index (χ3v) is 7.91. The molecule has 5 heterocycles. The molecule has 4 aromatic rings. The van der Waals surface area contributed by atoms with Crippen LogP contribution in [0.4, 0.5) is 8.78 Å². The molecule has 0 spiro atoms. The standard InChI is InChI=1S/C33H35F2N3O5/c1-19-17-38(18-20(2)41-19)32(39)30-24(34)13-22(14-25(30)35)27-16-26-31(42-27)23(9-11-36-26)21-8-10-37-28(15-21)33(3,4)43-29-7-5-6-12-40-29/h8-11,13-16,19-20,29H,5-7,12,17-18H2,1-4H3/t19-,20+,29?. The van der Waals surface area contributed by atoms with Gasteiger partial charge in [0.1, 0.15) is 34.1 Å². The molecule has 2 fully saturated rings. The quantitative estimate of drug-likeness (QED) is 0.242. The van der Waals surface area contributed by atoms with Crippen LogP contribution in [-0.2, 0) is 19.8 Å². The smallest absolute Gasteiger partial charge is 0.260 e. The van der Waals surface area contributed by atoms with Crippen LogP contribution in [0.3, 0.4) is 0 Å². The molecule has 2 saturated heterocycles. The molecule has 43 heavy (non-hydrogen) atoms. The van der Waals surface area contributed by atoms with Crippen molar-refractivity contribution in [1.82, 2.24) is 14.9 Å². The molecule has 1 amide bonds. The minimum absolute atomic E-state index is 0.164. The third kappa shape index (κ3) is 6.04. The van der Waals surface area contributed by atoms with E-state index in [-0.39, 0.29) is 42.9 Å². The molecule has 3 aromatic heterocycles. The van der Waals surface area contributed by atoms with E-state index in [4.69, 9.17) is 18.6 Å². The fourth-order valence-electron chi connectivity index (χ4n) is 5.85. The van der Waals surface area contributed by atoms with E-state index in [0.29, 0.717) is 17.7 Å². The Morgan fingerprint density at radius 2 is 1.70 bits per heavy atom. The predicted octanol–water partition coefficient (Wildman–Crippen LogP) is 6.86. The second kappa shape index (κ2) is 11.7. The predicted molar refractivity (Wildman–Crippen MR) is 156 cm³/mol. The summed E-state index contributed by atoms with van der Waals surface area (Å²) in [5, 5.41) is 0. The minimum atomic E-state index is -0.955. The van der Waals surface area contributed by atoms with Crippen LogP contribution in [0, 0.1) is 11.6 Å². The average molecular weight is 592 g/mol. The van der Waals surface area contributed by atoms with Gasteiger partial charge in [-0.3, -0.25) is 14.8 Å². The molecule has 10 heteroatoms.